The van der Waals surface area contributed by atoms with Crippen LogP contribution in [0.2, 0.25) is 0 Å². The van der Waals surface area contributed by atoms with Gasteiger partial charge in [-0.1, -0.05) is 42.5 Å². The molecule has 2 N–H and O–H groups in total. The lowest BCUT2D eigenvalue weighted by atomic mass is 9.99. The summed E-state index contributed by atoms with van der Waals surface area (Å²) in [5, 5.41) is 0. The molecule has 0 atom stereocenters. The molecule has 134 valence electrons. The first kappa shape index (κ1) is 18.3. The maximum atomic E-state index is 11.1. The minimum atomic E-state index is -4.24. The molecule has 6 nitrogen and oxygen atoms in total. The van der Waals surface area contributed by atoms with Crippen LogP contribution < -0.4 is 0 Å². The molecule has 0 bridgehead atoms. The Morgan fingerprint density at radius 3 is 1.15 bits per heavy atom. The number of benzene rings is 3. The fraction of sp³-hybridized carbons (Fsp3) is 0. The highest BCUT2D eigenvalue weighted by atomic mass is 32.2. The predicted octanol–water partition coefficient (Wildman–Crippen LogP) is 3.51. The Labute approximate surface area is 151 Å². The van der Waals surface area contributed by atoms with E-state index in [0.717, 1.165) is 22.3 Å². The average Bonchev–Trinajstić information content (AvgIpc) is 2.61. The predicted molar refractivity (Wildman–Crippen MR) is 96.9 cm³/mol. The second-order valence-corrected chi connectivity index (χ2v) is 8.42. The Hall–Kier alpha value is -2.52. The van der Waals surface area contributed by atoms with Crippen molar-refractivity contribution in [1.82, 2.24) is 0 Å². The van der Waals surface area contributed by atoms with E-state index in [0.29, 0.717) is 0 Å². The van der Waals surface area contributed by atoms with Crippen LogP contribution in [0.3, 0.4) is 0 Å². The Balaban J connectivity index is 1.96. The van der Waals surface area contributed by atoms with Crippen molar-refractivity contribution in [3.05, 3.63) is 72.8 Å². The Morgan fingerprint density at radius 1 is 0.500 bits per heavy atom. The summed E-state index contributed by atoms with van der Waals surface area (Å²) >= 11 is 0. The first-order valence-electron chi connectivity index (χ1n) is 7.40. The van der Waals surface area contributed by atoms with Crippen LogP contribution in [0.5, 0.6) is 0 Å². The summed E-state index contributed by atoms with van der Waals surface area (Å²) in [6, 6.07) is 19.0. The molecule has 3 rings (SSSR count). The summed E-state index contributed by atoms with van der Waals surface area (Å²) in [7, 11) is -8.48. The van der Waals surface area contributed by atoms with Crippen molar-refractivity contribution < 1.29 is 25.9 Å². The average molecular weight is 390 g/mol. The Morgan fingerprint density at radius 2 is 0.846 bits per heavy atom. The van der Waals surface area contributed by atoms with Gasteiger partial charge in [-0.05, 0) is 52.6 Å². The van der Waals surface area contributed by atoms with Gasteiger partial charge in [-0.25, -0.2) is 0 Å². The molecule has 0 amide bonds. The van der Waals surface area contributed by atoms with Crippen molar-refractivity contribution in [2.45, 2.75) is 9.79 Å². The van der Waals surface area contributed by atoms with Crippen LogP contribution >= 0.6 is 0 Å². The largest absolute Gasteiger partial charge is 0.294 e. The van der Waals surface area contributed by atoms with E-state index in [9.17, 15) is 16.8 Å². The third kappa shape index (κ3) is 4.00. The van der Waals surface area contributed by atoms with Gasteiger partial charge in [-0.3, -0.25) is 9.11 Å². The summed E-state index contributed by atoms with van der Waals surface area (Å²) in [6.07, 6.45) is 0. The van der Waals surface area contributed by atoms with E-state index in [1.165, 1.54) is 24.3 Å². The van der Waals surface area contributed by atoms with Crippen LogP contribution in [-0.2, 0) is 20.2 Å². The SMILES string of the molecule is O=S(=O)(O)c1ccc(-c2cccc(-c3ccc(S(=O)(=O)O)cc3)c2)cc1. The molecule has 0 aromatic heterocycles. The van der Waals surface area contributed by atoms with Crippen molar-refractivity contribution in [1.29, 1.82) is 0 Å². The molecule has 3 aromatic rings. The van der Waals surface area contributed by atoms with Crippen LogP contribution in [0.4, 0.5) is 0 Å². The zero-order valence-electron chi connectivity index (χ0n) is 13.3. The van der Waals surface area contributed by atoms with Gasteiger partial charge in [-0.2, -0.15) is 16.8 Å². The highest BCUT2D eigenvalue weighted by Gasteiger charge is 2.11. The van der Waals surface area contributed by atoms with Crippen molar-refractivity contribution in [2.75, 3.05) is 0 Å². The fourth-order valence-electron chi connectivity index (χ4n) is 2.52. The summed E-state index contributed by atoms with van der Waals surface area (Å²) in [5.74, 6) is 0. The number of hydrogen-bond donors (Lipinski definition) is 2. The Kier molecular flexibility index (Phi) is 4.68. The van der Waals surface area contributed by atoms with Crippen LogP contribution in [0.15, 0.2) is 82.6 Å². The Bertz CT molecular complexity index is 1060. The fourth-order valence-corrected chi connectivity index (χ4v) is 3.48. The van der Waals surface area contributed by atoms with E-state index in [4.69, 9.17) is 9.11 Å². The van der Waals surface area contributed by atoms with E-state index >= 15 is 0 Å². The molecule has 0 fully saturated rings. The lowest BCUT2D eigenvalue weighted by molar-refractivity contribution is 0.481. The third-order valence-corrected chi connectivity index (χ3v) is 5.57. The quantitative estimate of drug-likeness (QED) is 0.660. The van der Waals surface area contributed by atoms with Gasteiger partial charge in [0.25, 0.3) is 20.2 Å². The van der Waals surface area contributed by atoms with Crippen LogP contribution in [0.1, 0.15) is 0 Å². The summed E-state index contributed by atoms with van der Waals surface area (Å²) in [6.45, 7) is 0. The molecule has 0 unspecified atom stereocenters. The molecule has 26 heavy (non-hydrogen) atoms. The standard InChI is InChI=1S/C18H14O6S2/c19-25(20,21)17-8-4-13(5-9-17)15-2-1-3-16(12-15)14-6-10-18(11-7-14)26(22,23)24/h1-12H,(H,19,20,21)(H,22,23,24). The molecule has 0 saturated carbocycles. The highest BCUT2D eigenvalue weighted by molar-refractivity contribution is 7.86. The van der Waals surface area contributed by atoms with Crippen molar-refractivity contribution in [3.8, 4) is 22.3 Å². The molecule has 8 heteroatoms. The van der Waals surface area contributed by atoms with Gasteiger partial charge in [0, 0.05) is 0 Å². The molecule has 3 aromatic carbocycles. The third-order valence-electron chi connectivity index (χ3n) is 3.83. The first-order chi connectivity index (χ1) is 12.1. The highest BCUT2D eigenvalue weighted by Crippen LogP contribution is 2.27. The number of hydrogen-bond acceptors (Lipinski definition) is 4. The molecular formula is C18H14O6S2. The first-order valence-corrected chi connectivity index (χ1v) is 10.3. The molecule has 0 radical (unpaired) electrons. The number of rotatable bonds is 4. The van der Waals surface area contributed by atoms with Gasteiger partial charge < -0.3 is 0 Å². The minimum Gasteiger partial charge on any atom is -0.282 e. The lowest BCUT2D eigenvalue weighted by Gasteiger charge is -2.07. The van der Waals surface area contributed by atoms with Gasteiger partial charge in [0.05, 0.1) is 9.79 Å². The summed E-state index contributed by atoms with van der Waals surface area (Å²) < 4.78 is 62.5. The van der Waals surface area contributed by atoms with Gasteiger partial charge >= 0.3 is 0 Å². The van der Waals surface area contributed by atoms with Crippen LogP contribution in [0.25, 0.3) is 22.3 Å². The monoisotopic (exact) mass is 390 g/mol. The van der Waals surface area contributed by atoms with E-state index < -0.39 is 20.2 Å². The molecule has 0 saturated heterocycles. The van der Waals surface area contributed by atoms with Gasteiger partial charge in [0.15, 0.2) is 0 Å². The van der Waals surface area contributed by atoms with E-state index in [-0.39, 0.29) is 9.79 Å². The normalized spacial score (nSPS) is 12.1. The molecule has 0 heterocycles. The molecule has 0 aliphatic carbocycles. The van der Waals surface area contributed by atoms with Gasteiger partial charge in [0.2, 0.25) is 0 Å². The van der Waals surface area contributed by atoms with Gasteiger partial charge in [-0.15, -0.1) is 0 Å². The topological polar surface area (TPSA) is 109 Å². The van der Waals surface area contributed by atoms with Crippen LogP contribution in [0, 0.1) is 0 Å². The van der Waals surface area contributed by atoms with Crippen molar-refractivity contribution in [2.24, 2.45) is 0 Å². The van der Waals surface area contributed by atoms with Crippen molar-refractivity contribution >= 4 is 20.2 Å². The summed E-state index contributed by atoms with van der Waals surface area (Å²) in [4.78, 5) is -0.364. The molecule has 0 spiro atoms. The minimum absolute atomic E-state index is 0.182. The van der Waals surface area contributed by atoms with E-state index in [1.807, 2.05) is 24.3 Å². The van der Waals surface area contributed by atoms with E-state index in [1.54, 1.807) is 24.3 Å². The lowest BCUT2D eigenvalue weighted by Crippen LogP contribution is -1.97. The van der Waals surface area contributed by atoms with Crippen molar-refractivity contribution in [3.63, 3.8) is 0 Å². The zero-order chi connectivity index (χ0) is 18.9. The molecule has 0 aliphatic rings. The maximum Gasteiger partial charge on any atom is 0.294 e. The van der Waals surface area contributed by atoms with E-state index in [2.05, 4.69) is 0 Å². The second-order valence-electron chi connectivity index (χ2n) is 5.58. The second kappa shape index (κ2) is 6.65. The molecule has 0 aliphatic heterocycles. The zero-order valence-corrected chi connectivity index (χ0v) is 14.9. The van der Waals surface area contributed by atoms with Crippen LogP contribution in [-0.4, -0.2) is 25.9 Å². The van der Waals surface area contributed by atoms with Gasteiger partial charge in [0.1, 0.15) is 0 Å². The maximum absolute atomic E-state index is 11.1. The summed E-state index contributed by atoms with van der Waals surface area (Å²) in [5.41, 5.74) is 3.16. The smallest absolute Gasteiger partial charge is 0.282 e. The molecular weight excluding hydrogens is 376 g/mol.